The van der Waals surface area contributed by atoms with Crippen molar-refractivity contribution < 1.29 is 14.3 Å². The number of carbonyl (C=O) groups excluding carboxylic acids is 1. The van der Waals surface area contributed by atoms with Gasteiger partial charge in [0.2, 0.25) is 0 Å². The van der Waals surface area contributed by atoms with Gasteiger partial charge in [0.25, 0.3) is 0 Å². The van der Waals surface area contributed by atoms with E-state index in [2.05, 4.69) is 0 Å². The third kappa shape index (κ3) is 2.54. The molecular formula is C13H16O3. The van der Waals surface area contributed by atoms with Gasteiger partial charge in [-0.15, -0.1) is 0 Å². The van der Waals surface area contributed by atoms with Crippen LogP contribution >= 0.6 is 0 Å². The molecule has 1 aromatic rings. The molecule has 0 radical (unpaired) electrons. The van der Waals surface area contributed by atoms with Gasteiger partial charge in [-0.25, -0.2) is 4.79 Å². The molecule has 16 heavy (non-hydrogen) atoms. The van der Waals surface area contributed by atoms with Crippen LogP contribution in [0.5, 0.6) is 5.75 Å². The van der Waals surface area contributed by atoms with Gasteiger partial charge in [-0.1, -0.05) is 25.1 Å². The quantitative estimate of drug-likeness (QED) is 0.579. The fourth-order valence-corrected chi connectivity index (χ4v) is 1.49. The highest BCUT2D eigenvalue weighted by Crippen LogP contribution is 2.39. The van der Waals surface area contributed by atoms with Gasteiger partial charge in [-0.2, -0.15) is 0 Å². The average Bonchev–Trinajstić information content (AvgIpc) is 2.96. The predicted octanol–water partition coefficient (Wildman–Crippen LogP) is 3.32. The van der Waals surface area contributed by atoms with Gasteiger partial charge < -0.3 is 9.47 Å². The molecule has 0 aromatic heterocycles. The van der Waals surface area contributed by atoms with Crippen molar-refractivity contribution in [1.29, 1.82) is 0 Å². The maximum absolute atomic E-state index is 11.5. The van der Waals surface area contributed by atoms with Crippen molar-refractivity contribution in [3.05, 3.63) is 29.8 Å². The van der Waals surface area contributed by atoms with Gasteiger partial charge in [-0.3, -0.25) is 0 Å². The minimum absolute atomic E-state index is 0.280. The third-order valence-corrected chi connectivity index (χ3v) is 2.83. The molecule has 0 saturated heterocycles. The third-order valence-electron chi connectivity index (χ3n) is 2.83. The Hall–Kier alpha value is -1.51. The molecule has 1 saturated carbocycles. The van der Waals surface area contributed by atoms with E-state index < -0.39 is 6.16 Å². The Bertz CT molecular complexity index is 394. The number of ether oxygens (including phenoxy) is 2. The molecule has 1 aliphatic carbocycles. The van der Waals surface area contributed by atoms with Crippen molar-refractivity contribution >= 4 is 6.16 Å². The highest BCUT2D eigenvalue weighted by molar-refractivity contribution is 5.65. The van der Waals surface area contributed by atoms with E-state index in [1.54, 1.807) is 6.07 Å². The Morgan fingerprint density at radius 2 is 2.06 bits per heavy atom. The second-order valence-electron chi connectivity index (χ2n) is 4.37. The zero-order chi connectivity index (χ0) is 11.6. The van der Waals surface area contributed by atoms with Gasteiger partial charge in [0.05, 0.1) is 0 Å². The standard InChI is InChI=1S/C13H16O3/c1-3-10-6-4-5-7-11(10)15-12(14)16-13(2)8-9-13/h4-7H,3,8-9H2,1-2H3. The van der Waals surface area contributed by atoms with Crippen molar-refractivity contribution in [3.8, 4) is 5.75 Å². The number of hydrogen-bond donors (Lipinski definition) is 0. The molecule has 0 spiro atoms. The summed E-state index contributed by atoms with van der Waals surface area (Å²) in [6, 6.07) is 7.51. The van der Waals surface area contributed by atoms with E-state index >= 15 is 0 Å². The van der Waals surface area contributed by atoms with Gasteiger partial charge >= 0.3 is 6.16 Å². The van der Waals surface area contributed by atoms with Crippen molar-refractivity contribution in [3.63, 3.8) is 0 Å². The SMILES string of the molecule is CCc1ccccc1OC(=O)OC1(C)CC1. The van der Waals surface area contributed by atoms with Gasteiger partial charge in [0, 0.05) is 0 Å². The Balaban J connectivity index is 2.00. The lowest BCUT2D eigenvalue weighted by Gasteiger charge is -2.12. The molecule has 0 atom stereocenters. The first-order chi connectivity index (χ1) is 7.63. The first-order valence-corrected chi connectivity index (χ1v) is 5.62. The van der Waals surface area contributed by atoms with E-state index in [4.69, 9.17) is 9.47 Å². The smallest absolute Gasteiger partial charge is 0.428 e. The monoisotopic (exact) mass is 220 g/mol. The fraction of sp³-hybridized carbons (Fsp3) is 0.462. The zero-order valence-electron chi connectivity index (χ0n) is 9.66. The van der Waals surface area contributed by atoms with Crippen LogP contribution in [0.4, 0.5) is 4.79 Å². The molecule has 86 valence electrons. The van der Waals surface area contributed by atoms with E-state index in [1.807, 2.05) is 32.0 Å². The Kier molecular flexibility index (Phi) is 2.86. The van der Waals surface area contributed by atoms with Crippen LogP contribution in [0.15, 0.2) is 24.3 Å². The topological polar surface area (TPSA) is 35.5 Å². The molecular weight excluding hydrogens is 204 g/mol. The molecule has 0 N–H and O–H groups in total. The van der Waals surface area contributed by atoms with Crippen molar-refractivity contribution in [2.75, 3.05) is 0 Å². The van der Waals surface area contributed by atoms with E-state index in [0.717, 1.165) is 24.8 Å². The highest BCUT2D eigenvalue weighted by Gasteiger charge is 2.42. The van der Waals surface area contributed by atoms with Crippen LogP contribution in [-0.2, 0) is 11.2 Å². The summed E-state index contributed by atoms with van der Waals surface area (Å²) in [7, 11) is 0. The van der Waals surface area contributed by atoms with Crippen molar-refractivity contribution in [2.45, 2.75) is 38.7 Å². The molecule has 3 heteroatoms. The summed E-state index contributed by atoms with van der Waals surface area (Å²) in [4.78, 5) is 11.5. The van der Waals surface area contributed by atoms with E-state index in [1.165, 1.54) is 0 Å². The van der Waals surface area contributed by atoms with Crippen LogP contribution in [-0.4, -0.2) is 11.8 Å². The molecule has 1 aliphatic rings. The number of rotatable bonds is 3. The minimum Gasteiger partial charge on any atom is -0.428 e. The van der Waals surface area contributed by atoms with Crippen LogP contribution in [0.25, 0.3) is 0 Å². The molecule has 0 bridgehead atoms. The summed E-state index contributed by atoms with van der Waals surface area (Å²) in [6.07, 6.45) is 2.09. The maximum Gasteiger partial charge on any atom is 0.514 e. The lowest BCUT2D eigenvalue weighted by molar-refractivity contribution is 0.0540. The number of benzene rings is 1. The number of aryl methyl sites for hydroxylation is 1. The second-order valence-corrected chi connectivity index (χ2v) is 4.37. The van der Waals surface area contributed by atoms with Crippen molar-refractivity contribution in [1.82, 2.24) is 0 Å². The molecule has 3 nitrogen and oxygen atoms in total. The van der Waals surface area contributed by atoms with E-state index in [-0.39, 0.29) is 5.60 Å². The van der Waals surface area contributed by atoms with Crippen molar-refractivity contribution in [2.24, 2.45) is 0 Å². The molecule has 0 unspecified atom stereocenters. The molecule has 1 fully saturated rings. The minimum atomic E-state index is -0.596. The first-order valence-electron chi connectivity index (χ1n) is 5.62. The normalized spacial score (nSPS) is 16.6. The Morgan fingerprint density at radius 3 is 2.69 bits per heavy atom. The zero-order valence-corrected chi connectivity index (χ0v) is 9.66. The van der Waals surface area contributed by atoms with Crippen LogP contribution in [0.3, 0.4) is 0 Å². The second kappa shape index (κ2) is 4.16. The highest BCUT2D eigenvalue weighted by atomic mass is 16.7. The molecule has 0 heterocycles. The van der Waals surface area contributed by atoms with Gasteiger partial charge in [0.1, 0.15) is 11.4 Å². The summed E-state index contributed by atoms with van der Waals surface area (Å²) in [5.74, 6) is 0.597. The maximum atomic E-state index is 11.5. The van der Waals surface area contributed by atoms with E-state index in [0.29, 0.717) is 5.75 Å². The van der Waals surface area contributed by atoms with Crippen LogP contribution < -0.4 is 4.74 Å². The Morgan fingerprint density at radius 1 is 1.38 bits per heavy atom. The summed E-state index contributed by atoms with van der Waals surface area (Å²) >= 11 is 0. The molecule has 0 aliphatic heterocycles. The average molecular weight is 220 g/mol. The molecule has 2 rings (SSSR count). The van der Waals surface area contributed by atoms with Crippen LogP contribution in [0.2, 0.25) is 0 Å². The summed E-state index contributed by atoms with van der Waals surface area (Å²) in [5.41, 5.74) is 0.735. The molecule has 1 aromatic carbocycles. The number of hydrogen-bond acceptors (Lipinski definition) is 3. The lowest BCUT2D eigenvalue weighted by atomic mass is 10.1. The van der Waals surface area contributed by atoms with Gasteiger partial charge in [-0.05, 0) is 37.8 Å². The summed E-state index contributed by atoms with van der Waals surface area (Å²) in [5, 5.41) is 0. The van der Waals surface area contributed by atoms with Crippen LogP contribution in [0, 0.1) is 0 Å². The molecule has 0 amide bonds. The van der Waals surface area contributed by atoms with Crippen LogP contribution in [0.1, 0.15) is 32.3 Å². The summed E-state index contributed by atoms with van der Waals surface area (Å²) < 4.78 is 10.4. The predicted molar refractivity (Wildman–Crippen MR) is 60.6 cm³/mol. The van der Waals surface area contributed by atoms with E-state index in [9.17, 15) is 4.79 Å². The van der Waals surface area contributed by atoms with Gasteiger partial charge in [0.15, 0.2) is 0 Å². The summed E-state index contributed by atoms with van der Waals surface area (Å²) in [6.45, 7) is 3.94. The number of para-hydroxylation sites is 1. The Labute approximate surface area is 95.4 Å². The largest absolute Gasteiger partial charge is 0.514 e. The fourth-order valence-electron chi connectivity index (χ4n) is 1.49. The first kappa shape index (κ1) is 11.0. The lowest BCUT2D eigenvalue weighted by Crippen LogP contribution is -2.19. The number of carbonyl (C=O) groups is 1.